The van der Waals surface area contributed by atoms with E-state index < -0.39 is 0 Å². The summed E-state index contributed by atoms with van der Waals surface area (Å²) in [4.78, 5) is 4.69. The van der Waals surface area contributed by atoms with Gasteiger partial charge in [-0.1, -0.05) is 28.8 Å². The highest BCUT2D eigenvalue weighted by Gasteiger charge is 2.08. The topological polar surface area (TPSA) is 26.5 Å². The minimum absolute atomic E-state index is 0.160. The number of unbranched alkanes of at least 4 members (excludes halogenated alkanes) is 3. The van der Waals surface area contributed by atoms with Gasteiger partial charge in [0.1, 0.15) is 11.4 Å². The van der Waals surface area contributed by atoms with E-state index in [1.54, 1.807) is 0 Å². The van der Waals surface area contributed by atoms with Gasteiger partial charge in [-0.05, 0) is 49.0 Å². The van der Waals surface area contributed by atoms with E-state index in [9.17, 15) is 0 Å². The third kappa shape index (κ3) is 4.99. The fourth-order valence-electron chi connectivity index (χ4n) is 2.26. The molecule has 0 unspecified atom stereocenters. The molecule has 5 heteroatoms. The lowest BCUT2D eigenvalue weighted by Gasteiger charge is -2.11. The van der Waals surface area contributed by atoms with Gasteiger partial charge in [0.15, 0.2) is 0 Å². The maximum Gasteiger partial charge on any atom is 0.140 e. The van der Waals surface area contributed by atoms with Gasteiger partial charge in [0.2, 0.25) is 0 Å². The molecule has 2 aromatic heterocycles. The van der Waals surface area contributed by atoms with Gasteiger partial charge in [0, 0.05) is 23.8 Å². The smallest absolute Gasteiger partial charge is 0.140 e. The number of aromatic nitrogens is 2. The van der Waals surface area contributed by atoms with E-state index in [0.717, 1.165) is 33.3 Å². The molecular formula is C16H22Br2N2O. The maximum absolute atomic E-state index is 5.78. The monoisotopic (exact) mass is 416 g/mol. The van der Waals surface area contributed by atoms with Crippen LogP contribution in [0.25, 0.3) is 5.65 Å². The number of imidazole rings is 1. The largest absolute Gasteiger partial charge is 0.490 e. The summed E-state index contributed by atoms with van der Waals surface area (Å²) in [6, 6.07) is 2.00. The number of nitrogens with zero attached hydrogens (tertiary/aromatic N) is 2. The molecule has 0 N–H and O–H groups in total. The second-order valence-corrected chi connectivity index (χ2v) is 7.15. The molecule has 0 aliphatic carbocycles. The molecule has 0 aromatic carbocycles. The van der Waals surface area contributed by atoms with Crippen molar-refractivity contribution in [3.8, 4) is 5.75 Å². The molecule has 0 radical (unpaired) electrons. The predicted molar refractivity (Wildman–Crippen MR) is 94.6 cm³/mol. The first kappa shape index (κ1) is 16.8. The Labute approximate surface area is 143 Å². The van der Waals surface area contributed by atoms with Gasteiger partial charge >= 0.3 is 0 Å². The minimum Gasteiger partial charge on any atom is -0.490 e. The summed E-state index contributed by atoms with van der Waals surface area (Å²) in [6.07, 6.45) is 10.4. The van der Waals surface area contributed by atoms with Crippen molar-refractivity contribution in [1.82, 2.24) is 9.38 Å². The van der Waals surface area contributed by atoms with E-state index in [0.29, 0.717) is 0 Å². The molecule has 2 heterocycles. The maximum atomic E-state index is 5.78. The summed E-state index contributed by atoms with van der Waals surface area (Å²) in [6.45, 7) is 4.06. The zero-order chi connectivity index (χ0) is 15.2. The van der Waals surface area contributed by atoms with Crippen LogP contribution in [0.3, 0.4) is 0 Å². The number of hydrogen-bond acceptors (Lipinski definition) is 2. The minimum atomic E-state index is 0.160. The third-order valence-corrected chi connectivity index (χ3v) is 4.39. The molecule has 0 fully saturated rings. The number of fused-ring (bicyclic) bond motifs is 1. The SMILES string of the molecule is CC(C)Oc1cc2nc(CCCCCCBr)cn2cc1Br. The lowest BCUT2D eigenvalue weighted by atomic mass is 10.1. The number of alkyl halides is 1. The van der Waals surface area contributed by atoms with Crippen molar-refractivity contribution in [1.29, 1.82) is 0 Å². The highest BCUT2D eigenvalue weighted by atomic mass is 79.9. The number of rotatable bonds is 8. The molecule has 3 nitrogen and oxygen atoms in total. The van der Waals surface area contributed by atoms with Gasteiger partial charge in [0.05, 0.1) is 16.3 Å². The predicted octanol–water partition coefficient (Wildman–Crippen LogP) is 5.38. The van der Waals surface area contributed by atoms with Crippen molar-refractivity contribution in [3.63, 3.8) is 0 Å². The third-order valence-electron chi connectivity index (χ3n) is 3.24. The molecule has 0 saturated carbocycles. The molecule has 21 heavy (non-hydrogen) atoms. The quantitative estimate of drug-likeness (QED) is 0.425. The summed E-state index contributed by atoms with van der Waals surface area (Å²) in [7, 11) is 0. The van der Waals surface area contributed by atoms with Crippen LogP contribution in [0.5, 0.6) is 5.75 Å². The first-order chi connectivity index (χ1) is 10.1. The Morgan fingerprint density at radius 3 is 2.67 bits per heavy atom. The van der Waals surface area contributed by atoms with Crippen LogP contribution in [-0.2, 0) is 6.42 Å². The van der Waals surface area contributed by atoms with E-state index in [1.807, 2.05) is 26.1 Å². The molecule has 2 rings (SSSR count). The van der Waals surface area contributed by atoms with Crippen molar-refractivity contribution < 1.29 is 4.74 Å². The molecule has 0 aliphatic heterocycles. The number of hydrogen-bond donors (Lipinski definition) is 0. The lowest BCUT2D eigenvalue weighted by molar-refractivity contribution is 0.241. The second kappa shape index (κ2) is 8.18. The van der Waals surface area contributed by atoms with Crippen LogP contribution in [-0.4, -0.2) is 20.8 Å². The molecule has 2 aromatic rings. The number of aryl methyl sites for hydroxylation is 1. The first-order valence-corrected chi connectivity index (χ1v) is 9.41. The molecule has 0 saturated heterocycles. The average Bonchev–Trinajstić information content (AvgIpc) is 2.80. The van der Waals surface area contributed by atoms with Crippen LogP contribution < -0.4 is 4.74 Å². The van der Waals surface area contributed by atoms with E-state index in [1.165, 1.54) is 25.7 Å². The molecule has 0 spiro atoms. The van der Waals surface area contributed by atoms with Crippen molar-refractivity contribution in [2.45, 2.75) is 52.1 Å². The van der Waals surface area contributed by atoms with Crippen LogP contribution >= 0.6 is 31.9 Å². The fraction of sp³-hybridized carbons (Fsp3) is 0.562. The fourth-order valence-corrected chi connectivity index (χ4v) is 3.09. The van der Waals surface area contributed by atoms with E-state index >= 15 is 0 Å². The van der Waals surface area contributed by atoms with Crippen LogP contribution in [0, 0.1) is 0 Å². The lowest BCUT2D eigenvalue weighted by Crippen LogP contribution is -2.06. The van der Waals surface area contributed by atoms with E-state index in [4.69, 9.17) is 9.72 Å². The molecule has 116 valence electrons. The normalized spacial score (nSPS) is 11.5. The van der Waals surface area contributed by atoms with Gasteiger partial charge < -0.3 is 9.14 Å². The molecule has 0 aliphatic rings. The number of halogens is 2. The van der Waals surface area contributed by atoms with Crippen LogP contribution in [0.4, 0.5) is 0 Å². The Hall–Kier alpha value is -0.550. The van der Waals surface area contributed by atoms with Crippen molar-refractivity contribution >= 4 is 37.5 Å². The van der Waals surface area contributed by atoms with Gasteiger partial charge in [0.25, 0.3) is 0 Å². The number of ether oxygens (including phenoxy) is 1. The zero-order valence-electron chi connectivity index (χ0n) is 12.6. The Morgan fingerprint density at radius 1 is 1.19 bits per heavy atom. The van der Waals surface area contributed by atoms with E-state index in [2.05, 4.69) is 42.5 Å². The van der Waals surface area contributed by atoms with E-state index in [-0.39, 0.29) is 6.10 Å². The van der Waals surface area contributed by atoms with Crippen LogP contribution in [0.2, 0.25) is 0 Å². The molecular weight excluding hydrogens is 396 g/mol. The summed E-state index contributed by atoms with van der Waals surface area (Å²) in [5.41, 5.74) is 2.10. The molecule has 0 bridgehead atoms. The highest BCUT2D eigenvalue weighted by molar-refractivity contribution is 9.10. The average molecular weight is 418 g/mol. The summed E-state index contributed by atoms with van der Waals surface area (Å²) in [5, 5.41) is 1.11. The van der Waals surface area contributed by atoms with Gasteiger partial charge in [-0.15, -0.1) is 0 Å². The first-order valence-electron chi connectivity index (χ1n) is 7.50. The summed E-state index contributed by atoms with van der Waals surface area (Å²) < 4.78 is 8.81. The number of pyridine rings is 1. The van der Waals surface area contributed by atoms with Gasteiger partial charge in [-0.3, -0.25) is 0 Å². The van der Waals surface area contributed by atoms with Gasteiger partial charge in [-0.2, -0.15) is 0 Å². The standard InChI is InChI=1S/C16H22Br2N2O/c1-12(2)21-15-9-16-19-13(7-5-3-4-6-8-17)10-20(16)11-14(15)18/h9-12H,3-8H2,1-2H3. The Balaban J connectivity index is 2.03. The second-order valence-electron chi connectivity index (χ2n) is 5.50. The van der Waals surface area contributed by atoms with Crippen LogP contribution in [0.1, 0.15) is 45.2 Å². The van der Waals surface area contributed by atoms with Crippen molar-refractivity contribution in [2.75, 3.05) is 5.33 Å². The zero-order valence-corrected chi connectivity index (χ0v) is 15.8. The highest BCUT2D eigenvalue weighted by Crippen LogP contribution is 2.27. The summed E-state index contributed by atoms with van der Waals surface area (Å²) in [5.74, 6) is 0.854. The van der Waals surface area contributed by atoms with Gasteiger partial charge in [-0.25, -0.2) is 4.98 Å². The molecule has 0 atom stereocenters. The summed E-state index contributed by atoms with van der Waals surface area (Å²) >= 11 is 7.03. The molecule has 0 amide bonds. The Bertz CT molecular complexity index is 581. The Kier molecular flexibility index (Phi) is 6.55. The van der Waals surface area contributed by atoms with Crippen LogP contribution in [0.15, 0.2) is 22.9 Å². The van der Waals surface area contributed by atoms with Crippen molar-refractivity contribution in [3.05, 3.63) is 28.6 Å². The Morgan fingerprint density at radius 2 is 1.95 bits per heavy atom. The van der Waals surface area contributed by atoms with Crippen molar-refractivity contribution in [2.24, 2.45) is 0 Å².